The second-order valence-electron chi connectivity index (χ2n) is 7.18. The summed E-state index contributed by atoms with van der Waals surface area (Å²) < 4.78 is 7.75. The van der Waals surface area contributed by atoms with Crippen molar-refractivity contribution in [1.82, 2.24) is 20.0 Å². The molecule has 154 valence electrons. The third-order valence-corrected chi connectivity index (χ3v) is 4.83. The Bertz CT molecular complexity index is 804. The van der Waals surface area contributed by atoms with Gasteiger partial charge in [-0.05, 0) is 24.1 Å². The summed E-state index contributed by atoms with van der Waals surface area (Å²) in [4.78, 5) is 8.90. The number of aliphatic imine (C=N–C) groups is 1. The molecule has 1 fully saturated rings. The van der Waals surface area contributed by atoms with E-state index < -0.39 is 0 Å². The van der Waals surface area contributed by atoms with Crippen molar-refractivity contribution >= 4 is 35.6 Å². The maximum Gasteiger partial charge on any atom is 0.194 e. The third-order valence-electron chi connectivity index (χ3n) is 4.83. The van der Waals surface area contributed by atoms with Crippen molar-refractivity contribution in [2.24, 2.45) is 12.0 Å². The summed E-state index contributed by atoms with van der Waals surface area (Å²) in [5.74, 6) is 0.900. The van der Waals surface area contributed by atoms with E-state index in [1.165, 1.54) is 16.8 Å². The van der Waals surface area contributed by atoms with E-state index in [1.54, 1.807) is 0 Å². The summed E-state index contributed by atoms with van der Waals surface area (Å²) >= 11 is 0. The Balaban J connectivity index is 0.00000280. The molecule has 0 spiro atoms. The number of anilines is 1. The molecule has 1 aliphatic rings. The lowest BCUT2D eigenvalue weighted by Crippen LogP contribution is -2.48. The minimum absolute atomic E-state index is 0. The molecule has 8 heteroatoms. The largest absolute Gasteiger partial charge is 0.377 e. The minimum Gasteiger partial charge on any atom is -0.377 e. The summed E-state index contributed by atoms with van der Waals surface area (Å²) in [5, 5.41) is 7.78. The van der Waals surface area contributed by atoms with Crippen molar-refractivity contribution in [3.8, 4) is 0 Å². The van der Waals surface area contributed by atoms with Crippen LogP contribution in [0.2, 0.25) is 0 Å². The average Bonchev–Trinajstić information content (AvgIpc) is 3.10. The van der Waals surface area contributed by atoms with Gasteiger partial charge < -0.3 is 19.9 Å². The highest BCUT2D eigenvalue weighted by Gasteiger charge is 2.25. The highest BCUT2D eigenvalue weighted by molar-refractivity contribution is 14.0. The van der Waals surface area contributed by atoms with Gasteiger partial charge in [-0.3, -0.25) is 9.67 Å². The highest BCUT2D eigenvalue weighted by Crippen LogP contribution is 2.23. The number of morpholine rings is 1. The van der Waals surface area contributed by atoms with E-state index in [2.05, 4.69) is 64.4 Å². The highest BCUT2D eigenvalue weighted by atomic mass is 127. The molecule has 2 heterocycles. The standard InChI is InChI=1S/C20H30N6O.HI/c1-15-6-7-16(18(10-15)24(3)4)11-22-20(21-2)26-8-9-27-19(14-26)17-12-23-25(5)13-17;/h6-7,10,12-13,19H,8-9,11,14H2,1-5H3,(H,21,22);1H. The second kappa shape index (κ2) is 10.1. The molecule has 1 unspecified atom stereocenters. The Hall–Kier alpha value is -1.81. The summed E-state index contributed by atoms with van der Waals surface area (Å²) in [6.45, 7) is 5.11. The Morgan fingerprint density at radius 3 is 2.82 bits per heavy atom. The topological polar surface area (TPSA) is 57.9 Å². The first-order chi connectivity index (χ1) is 13.0. The number of rotatable bonds is 4. The van der Waals surface area contributed by atoms with Gasteiger partial charge in [-0.25, -0.2) is 0 Å². The predicted octanol–water partition coefficient (Wildman–Crippen LogP) is 2.56. The van der Waals surface area contributed by atoms with Crippen LogP contribution in [0.3, 0.4) is 0 Å². The molecular weight excluding hydrogens is 467 g/mol. The Labute approximate surface area is 184 Å². The number of aryl methyl sites for hydroxylation is 2. The van der Waals surface area contributed by atoms with Gasteiger partial charge >= 0.3 is 0 Å². The fourth-order valence-electron chi connectivity index (χ4n) is 3.40. The van der Waals surface area contributed by atoms with E-state index in [0.29, 0.717) is 6.61 Å². The first-order valence-corrected chi connectivity index (χ1v) is 9.30. The van der Waals surface area contributed by atoms with E-state index in [-0.39, 0.29) is 30.1 Å². The average molecular weight is 498 g/mol. The van der Waals surface area contributed by atoms with Crippen LogP contribution in [0.25, 0.3) is 0 Å². The van der Waals surface area contributed by atoms with E-state index in [9.17, 15) is 0 Å². The van der Waals surface area contributed by atoms with Crippen LogP contribution in [0.15, 0.2) is 35.6 Å². The first-order valence-electron chi connectivity index (χ1n) is 9.30. The van der Waals surface area contributed by atoms with Crippen LogP contribution in [-0.4, -0.2) is 61.5 Å². The van der Waals surface area contributed by atoms with Crippen LogP contribution in [0.5, 0.6) is 0 Å². The number of halogens is 1. The van der Waals surface area contributed by atoms with E-state index >= 15 is 0 Å². The maximum atomic E-state index is 5.94. The van der Waals surface area contributed by atoms with Crippen LogP contribution < -0.4 is 10.2 Å². The van der Waals surface area contributed by atoms with Crippen LogP contribution >= 0.6 is 24.0 Å². The molecular formula is C20H31IN6O. The quantitative estimate of drug-likeness (QED) is 0.399. The molecule has 1 saturated heterocycles. The molecule has 0 radical (unpaired) electrons. The zero-order valence-electron chi connectivity index (χ0n) is 17.3. The third kappa shape index (κ3) is 5.38. The van der Waals surface area contributed by atoms with Gasteiger partial charge in [0.05, 0.1) is 19.3 Å². The monoisotopic (exact) mass is 498 g/mol. The lowest BCUT2D eigenvalue weighted by atomic mass is 10.1. The molecule has 7 nitrogen and oxygen atoms in total. The van der Waals surface area contributed by atoms with E-state index in [1.807, 2.05) is 31.2 Å². The van der Waals surface area contributed by atoms with Gasteiger partial charge in [0.25, 0.3) is 0 Å². The summed E-state index contributed by atoms with van der Waals surface area (Å²) in [6.07, 6.45) is 3.91. The summed E-state index contributed by atoms with van der Waals surface area (Å²) in [6, 6.07) is 6.55. The molecule has 1 aromatic heterocycles. The predicted molar refractivity (Wildman–Crippen MR) is 125 cm³/mol. The lowest BCUT2D eigenvalue weighted by molar-refractivity contribution is -0.00805. The zero-order chi connectivity index (χ0) is 19.4. The number of ether oxygens (including phenoxy) is 1. The lowest BCUT2D eigenvalue weighted by Gasteiger charge is -2.35. The molecule has 1 N–H and O–H groups in total. The van der Waals surface area contributed by atoms with Crippen molar-refractivity contribution in [3.63, 3.8) is 0 Å². The molecule has 0 aliphatic carbocycles. The van der Waals surface area contributed by atoms with Crippen molar-refractivity contribution in [1.29, 1.82) is 0 Å². The molecule has 1 aromatic carbocycles. The van der Waals surface area contributed by atoms with Crippen molar-refractivity contribution in [2.45, 2.75) is 19.6 Å². The Morgan fingerprint density at radius 1 is 1.39 bits per heavy atom. The smallest absolute Gasteiger partial charge is 0.194 e. The first kappa shape index (κ1) is 22.5. The van der Waals surface area contributed by atoms with Crippen molar-refractivity contribution in [2.75, 3.05) is 45.7 Å². The SMILES string of the molecule is CN=C(NCc1ccc(C)cc1N(C)C)N1CCOC(c2cnn(C)c2)C1.I. The van der Waals surface area contributed by atoms with Crippen LogP contribution in [0, 0.1) is 6.92 Å². The van der Waals surface area contributed by atoms with Crippen LogP contribution in [0.1, 0.15) is 22.8 Å². The Kier molecular flexibility index (Phi) is 8.11. The van der Waals surface area contributed by atoms with Crippen LogP contribution in [0.4, 0.5) is 5.69 Å². The van der Waals surface area contributed by atoms with Crippen LogP contribution in [-0.2, 0) is 18.3 Å². The summed E-state index contributed by atoms with van der Waals surface area (Å²) in [5.41, 5.74) is 4.85. The minimum atomic E-state index is 0. The number of aromatic nitrogens is 2. The van der Waals surface area contributed by atoms with E-state index in [4.69, 9.17) is 4.74 Å². The molecule has 28 heavy (non-hydrogen) atoms. The van der Waals surface area contributed by atoms with Crippen molar-refractivity contribution < 1.29 is 4.74 Å². The molecule has 0 amide bonds. The zero-order valence-corrected chi connectivity index (χ0v) is 19.7. The molecule has 1 aliphatic heterocycles. The van der Waals surface area contributed by atoms with Gasteiger partial charge in [0, 0.05) is 58.7 Å². The van der Waals surface area contributed by atoms with Gasteiger partial charge in [0.15, 0.2) is 5.96 Å². The Morgan fingerprint density at radius 2 is 2.18 bits per heavy atom. The number of nitrogens with zero attached hydrogens (tertiary/aromatic N) is 5. The fourth-order valence-corrected chi connectivity index (χ4v) is 3.40. The molecule has 2 aromatic rings. The molecule has 3 rings (SSSR count). The molecule has 1 atom stereocenters. The number of benzene rings is 1. The molecule has 0 saturated carbocycles. The van der Waals surface area contributed by atoms with Gasteiger partial charge in [-0.15, -0.1) is 24.0 Å². The summed E-state index contributed by atoms with van der Waals surface area (Å²) in [7, 11) is 7.91. The van der Waals surface area contributed by atoms with Crippen molar-refractivity contribution in [3.05, 3.63) is 47.3 Å². The van der Waals surface area contributed by atoms with Gasteiger partial charge in [-0.2, -0.15) is 5.10 Å². The maximum absolute atomic E-state index is 5.94. The number of guanidine groups is 1. The number of hydrogen-bond acceptors (Lipinski definition) is 4. The van der Waals surface area contributed by atoms with Gasteiger partial charge in [-0.1, -0.05) is 12.1 Å². The molecule has 0 bridgehead atoms. The number of hydrogen-bond donors (Lipinski definition) is 1. The second-order valence-corrected chi connectivity index (χ2v) is 7.18. The normalized spacial score (nSPS) is 17.2. The van der Waals surface area contributed by atoms with Gasteiger partial charge in [0.2, 0.25) is 0 Å². The fraction of sp³-hybridized carbons (Fsp3) is 0.500. The van der Waals surface area contributed by atoms with Gasteiger partial charge in [0.1, 0.15) is 6.10 Å². The van der Waals surface area contributed by atoms with E-state index in [0.717, 1.165) is 31.2 Å². The number of nitrogens with one attached hydrogen (secondary N) is 1.